The normalized spacial score (nSPS) is 28.3. The molecule has 3 heteroatoms. The molecule has 3 nitrogen and oxygen atoms in total. The molecule has 0 aromatic heterocycles. The molecule has 1 fully saturated rings. The van der Waals surface area contributed by atoms with Crippen molar-refractivity contribution < 1.29 is 9.53 Å². The number of esters is 1. The molecule has 0 amide bonds. The predicted octanol–water partition coefficient (Wildman–Crippen LogP) is 4.10. The lowest BCUT2D eigenvalue weighted by atomic mass is 9.85. The van der Waals surface area contributed by atoms with E-state index in [1.54, 1.807) is 0 Å². The first-order valence-electron chi connectivity index (χ1n) is 8.31. The van der Waals surface area contributed by atoms with Crippen LogP contribution in [0.3, 0.4) is 0 Å². The second-order valence-electron chi connectivity index (χ2n) is 6.36. The first-order chi connectivity index (χ1) is 10.3. The summed E-state index contributed by atoms with van der Waals surface area (Å²) in [5.41, 5.74) is 2.18. The van der Waals surface area contributed by atoms with Crippen LogP contribution in [0.25, 0.3) is 0 Å². The van der Waals surface area contributed by atoms with Gasteiger partial charge in [0.2, 0.25) is 0 Å². The molecule has 0 radical (unpaired) electrons. The van der Waals surface area contributed by atoms with Crippen molar-refractivity contribution in [3.63, 3.8) is 0 Å². The van der Waals surface area contributed by atoms with Crippen molar-refractivity contribution in [3.8, 4) is 0 Å². The minimum absolute atomic E-state index is 0.0225. The molecule has 21 heavy (non-hydrogen) atoms. The maximum absolute atomic E-state index is 12.6. The van der Waals surface area contributed by atoms with E-state index in [2.05, 4.69) is 12.2 Å². The van der Waals surface area contributed by atoms with Gasteiger partial charge in [0.1, 0.15) is 6.10 Å². The fourth-order valence-corrected chi connectivity index (χ4v) is 3.68. The molecule has 1 heterocycles. The molecule has 1 aromatic carbocycles. The van der Waals surface area contributed by atoms with Crippen molar-refractivity contribution in [2.75, 3.05) is 11.9 Å². The molecule has 3 atom stereocenters. The highest BCUT2D eigenvalue weighted by Gasteiger charge is 2.31. The van der Waals surface area contributed by atoms with Gasteiger partial charge in [-0.05, 0) is 43.2 Å². The van der Waals surface area contributed by atoms with E-state index in [1.165, 1.54) is 19.3 Å². The summed E-state index contributed by atoms with van der Waals surface area (Å²) in [4.78, 5) is 12.6. The Hall–Kier alpha value is -1.51. The molecule has 3 rings (SSSR count). The van der Waals surface area contributed by atoms with Crippen LogP contribution in [0.5, 0.6) is 0 Å². The van der Waals surface area contributed by atoms with Gasteiger partial charge in [-0.1, -0.05) is 38.0 Å². The summed E-state index contributed by atoms with van der Waals surface area (Å²) >= 11 is 0. The van der Waals surface area contributed by atoms with Crippen molar-refractivity contribution in [1.82, 2.24) is 0 Å². The Morgan fingerprint density at radius 3 is 3.00 bits per heavy atom. The van der Waals surface area contributed by atoms with Crippen LogP contribution < -0.4 is 5.32 Å². The molecule has 0 bridgehead atoms. The Morgan fingerprint density at radius 1 is 1.29 bits per heavy atom. The second kappa shape index (κ2) is 6.50. The number of carbonyl (C=O) groups is 1. The molecule has 0 spiro atoms. The monoisotopic (exact) mass is 287 g/mol. The summed E-state index contributed by atoms with van der Waals surface area (Å²) in [5.74, 6) is 0.618. The van der Waals surface area contributed by atoms with Gasteiger partial charge >= 0.3 is 5.97 Å². The number of fused-ring (bicyclic) bond motifs is 1. The van der Waals surface area contributed by atoms with Gasteiger partial charge < -0.3 is 10.1 Å². The number of rotatable bonds is 3. The second-order valence-corrected chi connectivity index (χ2v) is 6.36. The Morgan fingerprint density at radius 2 is 2.14 bits per heavy atom. The van der Waals surface area contributed by atoms with Crippen molar-refractivity contribution in [3.05, 3.63) is 29.8 Å². The number of benzene rings is 1. The maximum Gasteiger partial charge on any atom is 0.313 e. The molecule has 114 valence electrons. The molecule has 1 saturated carbocycles. The lowest BCUT2D eigenvalue weighted by molar-refractivity contribution is -0.153. The molecule has 1 aromatic rings. The Kier molecular flexibility index (Phi) is 4.47. The number of carbonyl (C=O) groups excluding carboxylic acids is 1. The van der Waals surface area contributed by atoms with Crippen LogP contribution in [-0.4, -0.2) is 18.6 Å². The smallest absolute Gasteiger partial charge is 0.313 e. The highest BCUT2D eigenvalue weighted by atomic mass is 16.5. The maximum atomic E-state index is 12.6. The molecule has 1 aliphatic carbocycles. The van der Waals surface area contributed by atoms with E-state index < -0.39 is 0 Å². The van der Waals surface area contributed by atoms with Gasteiger partial charge in [-0.25, -0.2) is 0 Å². The van der Waals surface area contributed by atoms with Gasteiger partial charge in [0.05, 0.1) is 5.92 Å². The lowest BCUT2D eigenvalue weighted by Crippen LogP contribution is -2.30. The number of ether oxygens (including phenoxy) is 1. The average Bonchev–Trinajstić information content (AvgIpc) is 2.54. The summed E-state index contributed by atoms with van der Waals surface area (Å²) in [6.45, 7) is 3.08. The minimum atomic E-state index is -0.0931. The molecular formula is C18H25NO2. The van der Waals surface area contributed by atoms with Crippen LogP contribution in [0.15, 0.2) is 24.3 Å². The van der Waals surface area contributed by atoms with Gasteiger partial charge in [-0.2, -0.15) is 0 Å². The summed E-state index contributed by atoms with van der Waals surface area (Å²) < 4.78 is 5.85. The highest BCUT2D eigenvalue weighted by molar-refractivity contribution is 5.81. The summed E-state index contributed by atoms with van der Waals surface area (Å²) in [6.07, 6.45) is 6.74. The van der Waals surface area contributed by atoms with Crippen LogP contribution in [0.1, 0.15) is 56.9 Å². The first kappa shape index (κ1) is 14.4. The molecule has 3 unspecified atom stereocenters. The zero-order valence-electron chi connectivity index (χ0n) is 12.8. The zero-order chi connectivity index (χ0) is 14.7. The molecule has 0 saturated heterocycles. The lowest BCUT2D eigenvalue weighted by Gasteiger charge is -2.31. The number of nitrogens with one attached hydrogen (secondary N) is 1. The fourth-order valence-electron chi connectivity index (χ4n) is 3.68. The third-order valence-electron chi connectivity index (χ3n) is 4.96. The van der Waals surface area contributed by atoms with Crippen LogP contribution >= 0.6 is 0 Å². The van der Waals surface area contributed by atoms with Gasteiger partial charge in [0.15, 0.2) is 0 Å². The van der Waals surface area contributed by atoms with E-state index in [0.29, 0.717) is 0 Å². The van der Waals surface area contributed by atoms with Gasteiger partial charge in [-0.3, -0.25) is 4.79 Å². The average molecular weight is 287 g/mol. The third kappa shape index (κ3) is 3.22. The van der Waals surface area contributed by atoms with E-state index in [4.69, 9.17) is 4.74 Å². The van der Waals surface area contributed by atoms with Crippen LogP contribution in [0, 0.1) is 5.92 Å². The summed E-state index contributed by atoms with van der Waals surface area (Å²) in [6, 6.07) is 8.10. The summed E-state index contributed by atoms with van der Waals surface area (Å²) in [7, 11) is 0. The zero-order valence-corrected chi connectivity index (χ0v) is 12.8. The molecule has 2 aliphatic rings. The first-order valence-corrected chi connectivity index (χ1v) is 8.31. The SMILES string of the molecule is CCC1CCCC(OC(=O)C2CCNc3ccccc32)C1. The minimum Gasteiger partial charge on any atom is -0.462 e. The Bertz CT molecular complexity index is 500. The van der Waals surface area contributed by atoms with Gasteiger partial charge in [-0.15, -0.1) is 0 Å². The van der Waals surface area contributed by atoms with Gasteiger partial charge in [0, 0.05) is 12.2 Å². The predicted molar refractivity (Wildman–Crippen MR) is 84.4 cm³/mol. The third-order valence-corrected chi connectivity index (χ3v) is 4.96. The number of hydrogen-bond acceptors (Lipinski definition) is 3. The number of hydrogen-bond donors (Lipinski definition) is 1. The molecule has 1 aliphatic heterocycles. The molecular weight excluding hydrogens is 262 g/mol. The number of para-hydroxylation sites is 1. The quantitative estimate of drug-likeness (QED) is 0.851. The van der Waals surface area contributed by atoms with Crippen molar-refractivity contribution in [1.29, 1.82) is 0 Å². The number of anilines is 1. The van der Waals surface area contributed by atoms with Crippen LogP contribution in [0.4, 0.5) is 5.69 Å². The van der Waals surface area contributed by atoms with E-state index in [0.717, 1.165) is 43.0 Å². The van der Waals surface area contributed by atoms with Crippen molar-refractivity contribution in [2.24, 2.45) is 5.92 Å². The topological polar surface area (TPSA) is 38.3 Å². The van der Waals surface area contributed by atoms with E-state index in [-0.39, 0.29) is 18.0 Å². The van der Waals surface area contributed by atoms with E-state index in [9.17, 15) is 4.79 Å². The Labute approximate surface area is 127 Å². The molecule has 1 N–H and O–H groups in total. The standard InChI is InChI=1S/C18H25NO2/c1-2-13-6-5-7-14(12-13)21-18(20)16-10-11-19-17-9-4-3-8-15(16)17/h3-4,8-9,13-14,16,19H,2,5-7,10-12H2,1H3. The van der Waals surface area contributed by atoms with Crippen molar-refractivity contribution in [2.45, 2.75) is 57.5 Å². The Balaban J connectivity index is 1.66. The highest BCUT2D eigenvalue weighted by Crippen LogP contribution is 2.34. The van der Waals surface area contributed by atoms with E-state index >= 15 is 0 Å². The van der Waals surface area contributed by atoms with Gasteiger partial charge in [0.25, 0.3) is 0 Å². The van der Waals surface area contributed by atoms with Crippen molar-refractivity contribution >= 4 is 11.7 Å². The van der Waals surface area contributed by atoms with Crippen LogP contribution in [0.2, 0.25) is 0 Å². The van der Waals surface area contributed by atoms with E-state index in [1.807, 2.05) is 24.3 Å². The largest absolute Gasteiger partial charge is 0.462 e. The fraction of sp³-hybridized carbons (Fsp3) is 0.611. The van der Waals surface area contributed by atoms with Crippen LogP contribution in [-0.2, 0) is 9.53 Å². The summed E-state index contributed by atoms with van der Waals surface area (Å²) in [5, 5.41) is 3.36.